The Morgan fingerprint density at radius 1 is 1.24 bits per heavy atom. The number of nitrogens with two attached hydrogens (primary N) is 1. The highest BCUT2D eigenvalue weighted by molar-refractivity contribution is 7.99. The monoisotopic (exact) mass is 368 g/mol. The van der Waals surface area contributed by atoms with E-state index in [4.69, 9.17) is 5.73 Å². The lowest BCUT2D eigenvalue weighted by Crippen LogP contribution is -2.43. The van der Waals surface area contributed by atoms with Gasteiger partial charge in [-0.05, 0) is 25.7 Å². The number of nitrogens with one attached hydrogen (secondary N) is 1. The molecule has 8 heteroatoms. The van der Waals surface area contributed by atoms with E-state index in [0.29, 0.717) is 19.3 Å². The van der Waals surface area contributed by atoms with Crippen molar-refractivity contribution in [3.63, 3.8) is 0 Å². The van der Waals surface area contributed by atoms with Gasteiger partial charge in [0.2, 0.25) is 11.6 Å². The van der Waals surface area contributed by atoms with Crippen LogP contribution in [0.25, 0.3) is 0 Å². The summed E-state index contributed by atoms with van der Waals surface area (Å²) in [7, 11) is 0. The minimum atomic E-state index is -1.16. The molecular weight excluding hydrogens is 342 g/mol. The summed E-state index contributed by atoms with van der Waals surface area (Å²) in [4.78, 5) is 47.5. The number of hydrogen-bond donors (Lipinski definition) is 2. The third kappa shape index (κ3) is 5.12. The molecule has 1 aliphatic carbocycles. The van der Waals surface area contributed by atoms with E-state index in [1.807, 2.05) is 6.92 Å². The highest BCUT2D eigenvalue weighted by Gasteiger charge is 2.43. The molecule has 1 aliphatic heterocycles. The minimum absolute atomic E-state index is 0.0941. The number of carbonyl (C=O) groups is 4. The molecule has 2 fully saturated rings. The average Bonchev–Trinajstić information content (AvgIpc) is 3.02. The number of nitrogens with zero attached hydrogens (tertiary/aromatic N) is 1. The first-order valence-corrected chi connectivity index (χ1v) is 9.72. The third-order valence-electron chi connectivity index (χ3n) is 4.85. The predicted octanol–water partition coefficient (Wildman–Crippen LogP) is 0.665. The molecule has 2 atom stereocenters. The van der Waals surface area contributed by atoms with Gasteiger partial charge in [-0.25, -0.2) is 5.32 Å². The van der Waals surface area contributed by atoms with E-state index in [1.54, 1.807) is 11.9 Å². The fourth-order valence-electron chi connectivity index (χ4n) is 3.37. The normalized spacial score (nSPS) is 23.2. The SMILES string of the molecule is CCCC(N)C(=O)C(=O)C(=O)C[N]C(=O)C1CC2(CCCCC2)SN1. The topological polar surface area (TPSA) is 120 Å². The van der Waals surface area contributed by atoms with Crippen molar-refractivity contribution in [1.29, 1.82) is 0 Å². The molecule has 139 valence electrons. The van der Waals surface area contributed by atoms with Crippen LogP contribution in [-0.2, 0) is 19.2 Å². The molecule has 2 aliphatic rings. The molecule has 0 bridgehead atoms. The highest BCUT2D eigenvalue weighted by atomic mass is 32.2. The molecule has 2 rings (SSSR count). The zero-order valence-corrected chi connectivity index (χ0v) is 15.4. The lowest BCUT2D eigenvalue weighted by Gasteiger charge is -2.31. The summed E-state index contributed by atoms with van der Waals surface area (Å²) in [6, 6.07) is -1.39. The van der Waals surface area contributed by atoms with Crippen molar-refractivity contribution in [1.82, 2.24) is 10.0 Å². The van der Waals surface area contributed by atoms with E-state index in [2.05, 4.69) is 10.0 Å². The molecule has 1 saturated carbocycles. The molecule has 0 aromatic heterocycles. The van der Waals surface area contributed by atoms with Gasteiger partial charge >= 0.3 is 0 Å². The van der Waals surface area contributed by atoms with Crippen molar-refractivity contribution in [2.45, 2.75) is 75.1 Å². The lowest BCUT2D eigenvalue weighted by atomic mass is 9.84. The molecule has 0 aromatic rings. The summed E-state index contributed by atoms with van der Waals surface area (Å²) in [5.41, 5.74) is 5.57. The Bertz CT molecular complexity index is 546. The molecule has 1 amide bonds. The second kappa shape index (κ2) is 8.91. The fraction of sp³-hybridized carbons (Fsp3) is 0.765. The number of rotatable bonds is 8. The van der Waals surface area contributed by atoms with Crippen molar-refractivity contribution >= 4 is 35.2 Å². The summed E-state index contributed by atoms with van der Waals surface area (Å²) >= 11 is 1.60. The van der Waals surface area contributed by atoms with Gasteiger partial charge in [0, 0.05) is 4.75 Å². The zero-order valence-electron chi connectivity index (χ0n) is 14.6. The van der Waals surface area contributed by atoms with Gasteiger partial charge in [0.25, 0.3) is 11.7 Å². The van der Waals surface area contributed by atoms with Gasteiger partial charge in [-0.15, -0.1) is 0 Å². The van der Waals surface area contributed by atoms with Crippen LogP contribution in [0.15, 0.2) is 0 Å². The number of Topliss-reactive ketones (excluding diaryl/α,β-unsaturated/α-hetero) is 3. The maximum atomic E-state index is 12.2. The van der Waals surface area contributed by atoms with Crippen LogP contribution in [0.3, 0.4) is 0 Å². The third-order valence-corrected chi connectivity index (χ3v) is 6.26. The molecule has 0 aromatic carbocycles. The van der Waals surface area contributed by atoms with Crippen LogP contribution >= 0.6 is 11.9 Å². The van der Waals surface area contributed by atoms with Crippen LogP contribution < -0.4 is 15.8 Å². The molecule has 1 saturated heterocycles. The first-order chi connectivity index (χ1) is 11.9. The Kier molecular flexibility index (Phi) is 7.15. The van der Waals surface area contributed by atoms with Crippen molar-refractivity contribution in [2.24, 2.45) is 5.73 Å². The number of hydrogen-bond acceptors (Lipinski definition) is 7. The van der Waals surface area contributed by atoms with Gasteiger partial charge in [0.05, 0.1) is 12.1 Å². The van der Waals surface area contributed by atoms with Crippen LogP contribution in [0.1, 0.15) is 58.3 Å². The van der Waals surface area contributed by atoms with E-state index in [0.717, 1.165) is 12.8 Å². The Balaban J connectivity index is 1.78. The maximum Gasteiger partial charge on any atom is 0.267 e. The van der Waals surface area contributed by atoms with Crippen LogP contribution in [-0.4, -0.2) is 46.6 Å². The van der Waals surface area contributed by atoms with E-state index >= 15 is 0 Å². The lowest BCUT2D eigenvalue weighted by molar-refractivity contribution is -0.144. The molecule has 7 nitrogen and oxygen atoms in total. The Morgan fingerprint density at radius 3 is 2.56 bits per heavy atom. The van der Waals surface area contributed by atoms with Gasteiger partial charge in [-0.2, -0.15) is 0 Å². The Morgan fingerprint density at radius 2 is 1.92 bits per heavy atom. The van der Waals surface area contributed by atoms with Crippen molar-refractivity contribution in [3.05, 3.63) is 0 Å². The molecule has 3 N–H and O–H groups in total. The molecule has 1 heterocycles. The molecule has 25 heavy (non-hydrogen) atoms. The standard InChI is InChI=1S/C17H26N3O4S/c1-2-6-11(18)14(22)15(23)13(21)10-19-16(24)12-9-17(25-20-12)7-4-3-5-8-17/h11-12,20H,2-10,18H2,1H3. The Hall–Kier alpha value is -1.25. The van der Waals surface area contributed by atoms with Crippen LogP contribution in [0.5, 0.6) is 0 Å². The second-order valence-corrected chi connectivity index (χ2v) is 8.19. The predicted molar refractivity (Wildman–Crippen MR) is 94.9 cm³/mol. The quantitative estimate of drug-likeness (QED) is 0.367. The maximum absolute atomic E-state index is 12.2. The minimum Gasteiger partial charge on any atom is -0.321 e. The fourth-order valence-corrected chi connectivity index (χ4v) is 4.69. The average molecular weight is 368 g/mol. The largest absolute Gasteiger partial charge is 0.321 e. The number of ketones is 3. The number of amides is 1. The van der Waals surface area contributed by atoms with Gasteiger partial charge in [0.1, 0.15) is 6.54 Å². The summed E-state index contributed by atoms with van der Waals surface area (Å²) in [5.74, 6) is -3.45. The van der Waals surface area contributed by atoms with Crippen LogP contribution in [0.2, 0.25) is 0 Å². The van der Waals surface area contributed by atoms with E-state index in [1.165, 1.54) is 19.3 Å². The second-order valence-electron chi connectivity index (χ2n) is 6.89. The van der Waals surface area contributed by atoms with Gasteiger partial charge in [0.15, 0.2) is 0 Å². The van der Waals surface area contributed by atoms with Crippen LogP contribution in [0, 0.1) is 0 Å². The smallest absolute Gasteiger partial charge is 0.267 e. The van der Waals surface area contributed by atoms with Gasteiger partial charge in [-0.3, -0.25) is 23.9 Å². The summed E-state index contributed by atoms with van der Waals surface area (Å²) in [6.07, 6.45) is 7.41. The zero-order chi connectivity index (χ0) is 18.4. The molecule has 2 unspecified atom stereocenters. The summed E-state index contributed by atoms with van der Waals surface area (Å²) in [5, 5.41) is 3.71. The Labute approximate surface area is 152 Å². The van der Waals surface area contributed by atoms with Gasteiger partial charge < -0.3 is 5.73 Å². The van der Waals surface area contributed by atoms with E-state index < -0.39 is 41.9 Å². The summed E-state index contributed by atoms with van der Waals surface area (Å²) < 4.78 is 3.21. The van der Waals surface area contributed by atoms with Crippen molar-refractivity contribution < 1.29 is 19.2 Å². The first-order valence-electron chi connectivity index (χ1n) is 8.90. The van der Waals surface area contributed by atoms with Gasteiger partial charge in [-0.1, -0.05) is 44.6 Å². The van der Waals surface area contributed by atoms with Crippen LogP contribution in [0.4, 0.5) is 0 Å². The number of carbonyl (C=O) groups excluding carboxylic acids is 4. The molecule has 1 radical (unpaired) electrons. The molecule has 1 spiro atoms. The summed E-state index contributed by atoms with van der Waals surface area (Å²) in [6.45, 7) is 1.25. The highest BCUT2D eigenvalue weighted by Crippen LogP contribution is 2.46. The van der Waals surface area contributed by atoms with E-state index in [-0.39, 0.29) is 4.75 Å². The van der Waals surface area contributed by atoms with Crippen molar-refractivity contribution in [2.75, 3.05) is 6.54 Å². The first kappa shape index (κ1) is 20.1. The van der Waals surface area contributed by atoms with Crippen molar-refractivity contribution in [3.8, 4) is 0 Å². The molecular formula is C17H26N3O4S. The van der Waals surface area contributed by atoms with E-state index in [9.17, 15) is 19.2 Å².